The third kappa shape index (κ3) is 4.46. The molecule has 1 atom stereocenters. The number of pyridine rings is 3. The van der Waals surface area contributed by atoms with Crippen LogP contribution >= 0.6 is 0 Å². The molecule has 7 heteroatoms. The van der Waals surface area contributed by atoms with Crippen molar-refractivity contribution in [3.63, 3.8) is 0 Å². The summed E-state index contributed by atoms with van der Waals surface area (Å²) in [5.74, 6) is -0.256. The Morgan fingerprint density at radius 2 is 1.85 bits per heavy atom. The first-order chi connectivity index (χ1) is 19.1. The summed E-state index contributed by atoms with van der Waals surface area (Å²) in [5.41, 5.74) is 7.81. The van der Waals surface area contributed by atoms with E-state index in [1.165, 1.54) is 5.56 Å². The van der Waals surface area contributed by atoms with Crippen LogP contribution < -0.4 is 4.74 Å². The van der Waals surface area contributed by atoms with Crippen LogP contribution in [0.25, 0.3) is 44.2 Å². The van der Waals surface area contributed by atoms with Crippen LogP contribution in [-0.2, 0) is 16.0 Å². The van der Waals surface area contributed by atoms with Crippen LogP contribution in [-0.4, -0.2) is 38.2 Å². The predicted molar refractivity (Wildman–Crippen MR) is 156 cm³/mol. The van der Waals surface area contributed by atoms with Crippen LogP contribution in [0.15, 0.2) is 61.1 Å². The van der Waals surface area contributed by atoms with Crippen molar-refractivity contribution in [3.05, 3.63) is 83.3 Å². The van der Waals surface area contributed by atoms with E-state index in [4.69, 9.17) is 19.4 Å². The van der Waals surface area contributed by atoms with Crippen LogP contribution in [0.1, 0.15) is 49.1 Å². The highest BCUT2D eigenvalue weighted by Crippen LogP contribution is 2.45. The van der Waals surface area contributed by atoms with E-state index in [0.29, 0.717) is 12.2 Å². The first-order valence-corrected chi connectivity index (χ1v) is 13.4. The number of aromatic nitrogens is 3. The number of aliphatic carboxylic acids is 1. The number of fused-ring (bicyclic) bond motifs is 1. The Morgan fingerprint density at radius 3 is 2.60 bits per heavy atom. The minimum absolute atomic E-state index is 0.598. The first-order valence-electron chi connectivity index (χ1n) is 13.4. The van der Waals surface area contributed by atoms with E-state index in [1.807, 2.05) is 89.5 Å². The van der Waals surface area contributed by atoms with Crippen molar-refractivity contribution >= 4 is 27.8 Å². The molecule has 0 fully saturated rings. The van der Waals surface area contributed by atoms with E-state index < -0.39 is 17.7 Å². The second-order valence-electron chi connectivity index (χ2n) is 11.3. The van der Waals surface area contributed by atoms with Crippen LogP contribution in [0, 0.1) is 13.8 Å². The summed E-state index contributed by atoms with van der Waals surface area (Å²) in [6.07, 6.45) is 5.00. The smallest absolute Gasteiger partial charge is 0.337 e. The standard InChI is InChI=1S/C33H31N3O4/c1-18-10-13-34-17-23(18)24-8-6-21-25(36-24)16-19(2)27(31(32(37)38)40-33(3,4)5)29(21)22-7-9-26-28-20(12-15-39-26)11-14-35-30(22)28/h6-11,13-14,16-17,31H,12,15H2,1-5H3,(H,37,38). The monoisotopic (exact) mass is 533 g/mol. The highest BCUT2D eigenvalue weighted by Gasteiger charge is 2.33. The molecular weight excluding hydrogens is 502 g/mol. The van der Waals surface area contributed by atoms with Gasteiger partial charge in [-0.1, -0.05) is 6.07 Å². The van der Waals surface area contributed by atoms with Crippen LogP contribution in [0.2, 0.25) is 0 Å². The van der Waals surface area contributed by atoms with Crippen molar-refractivity contribution in [2.45, 2.75) is 52.7 Å². The molecule has 0 amide bonds. The summed E-state index contributed by atoms with van der Waals surface area (Å²) in [7, 11) is 0. The van der Waals surface area contributed by atoms with Gasteiger partial charge in [-0.15, -0.1) is 0 Å². The number of ether oxygens (including phenoxy) is 2. The van der Waals surface area contributed by atoms with Gasteiger partial charge in [-0.05, 0) is 93.3 Å². The molecule has 0 spiro atoms. The van der Waals surface area contributed by atoms with Crippen molar-refractivity contribution in [3.8, 4) is 28.1 Å². The molecule has 0 bridgehead atoms. The van der Waals surface area contributed by atoms with Crippen molar-refractivity contribution < 1.29 is 19.4 Å². The van der Waals surface area contributed by atoms with Crippen molar-refractivity contribution in [1.82, 2.24) is 15.0 Å². The highest BCUT2D eigenvalue weighted by molar-refractivity contribution is 6.08. The van der Waals surface area contributed by atoms with Gasteiger partial charge in [-0.3, -0.25) is 9.97 Å². The highest BCUT2D eigenvalue weighted by atomic mass is 16.5. The zero-order valence-electron chi connectivity index (χ0n) is 23.3. The lowest BCUT2D eigenvalue weighted by Crippen LogP contribution is -2.28. The lowest BCUT2D eigenvalue weighted by atomic mass is 9.86. The molecule has 3 aromatic heterocycles. The van der Waals surface area contributed by atoms with E-state index in [9.17, 15) is 9.90 Å². The second kappa shape index (κ2) is 9.68. The second-order valence-corrected chi connectivity index (χ2v) is 11.3. The molecule has 0 saturated heterocycles. The fraction of sp³-hybridized carbons (Fsp3) is 0.273. The maximum absolute atomic E-state index is 12.8. The Bertz CT molecular complexity index is 1800. The van der Waals surface area contributed by atoms with Gasteiger partial charge in [0.1, 0.15) is 5.75 Å². The number of rotatable bonds is 5. The summed E-state index contributed by atoms with van der Waals surface area (Å²) in [6, 6.07) is 13.9. The Labute approximate surface area is 232 Å². The largest absolute Gasteiger partial charge is 0.493 e. The van der Waals surface area contributed by atoms with E-state index >= 15 is 0 Å². The maximum Gasteiger partial charge on any atom is 0.337 e. The van der Waals surface area contributed by atoms with Crippen molar-refractivity contribution in [2.75, 3.05) is 6.61 Å². The number of hydrogen-bond acceptors (Lipinski definition) is 6. The van der Waals surface area contributed by atoms with E-state index in [0.717, 1.165) is 67.5 Å². The number of carboxylic acid groups (broad SMARTS) is 1. The van der Waals surface area contributed by atoms with Gasteiger partial charge in [-0.25, -0.2) is 9.78 Å². The number of carboxylic acids is 1. The normalized spacial score (nSPS) is 13.8. The number of aryl methyl sites for hydroxylation is 2. The summed E-state index contributed by atoms with van der Waals surface area (Å²) in [4.78, 5) is 26.9. The molecule has 2 aromatic carbocycles. The predicted octanol–water partition coefficient (Wildman–Crippen LogP) is 7.00. The van der Waals surface area contributed by atoms with Gasteiger partial charge >= 0.3 is 5.97 Å². The molecule has 40 heavy (non-hydrogen) atoms. The van der Waals surface area contributed by atoms with Gasteiger partial charge in [0.15, 0.2) is 6.10 Å². The molecule has 5 aromatic rings. The molecule has 1 aliphatic heterocycles. The Hall–Kier alpha value is -4.36. The van der Waals surface area contributed by atoms with Crippen LogP contribution in [0.3, 0.4) is 0 Å². The summed E-state index contributed by atoms with van der Waals surface area (Å²) >= 11 is 0. The minimum atomic E-state index is -1.19. The summed E-state index contributed by atoms with van der Waals surface area (Å²) in [6.45, 7) is 10.2. The Kier molecular flexibility index (Phi) is 6.27. The summed E-state index contributed by atoms with van der Waals surface area (Å²) < 4.78 is 12.2. The Morgan fingerprint density at radius 1 is 1.02 bits per heavy atom. The molecule has 4 heterocycles. The molecule has 0 aliphatic carbocycles. The molecule has 1 N–H and O–H groups in total. The average molecular weight is 534 g/mol. The fourth-order valence-corrected chi connectivity index (χ4v) is 5.62. The third-order valence-corrected chi connectivity index (χ3v) is 7.35. The maximum atomic E-state index is 12.8. The van der Waals surface area contributed by atoms with Gasteiger partial charge < -0.3 is 14.6 Å². The zero-order valence-corrected chi connectivity index (χ0v) is 23.3. The topological polar surface area (TPSA) is 94.4 Å². The zero-order chi connectivity index (χ0) is 28.2. The SMILES string of the molecule is Cc1ccncc1-c1ccc2c(-c3ccc4c5c(ccnc35)CCO4)c(C(OC(C)(C)C)C(=O)O)c(C)cc2n1. The van der Waals surface area contributed by atoms with E-state index in [-0.39, 0.29) is 0 Å². The summed E-state index contributed by atoms with van der Waals surface area (Å²) in [5, 5.41) is 12.2. The van der Waals surface area contributed by atoms with Gasteiger partial charge in [0.25, 0.3) is 0 Å². The molecule has 0 radical (unpaired) electrons. The van der Waals surface area contributed by atoms with E-state index in [1.54, 1.807) is 6.20 Å². The molecule has 1 unspecified atom stereocenters. The molecule has 202 valence electrons. The molecular formula is C33H31N3O4. The number of benzene rings is 2. The third-order valence-electron chi connectivity index (χ3n) is 7.35. The number of nitrogens with zero attached hydrogens (tertiary/aromatic N) is 3. The van der Waals surface area contributed by atoms with Crippen LogP contribution in [0.4, 0.5) is 0 Å². The number of hydrogen-bond donors (Lipinski definition) is 1. The Balaban J connectivity index is 1.70. The molecule has 1 aliphatic rings. The molecule has 0 saturated carbocycles. The van der Waals surface area contributed by atoms with Gasteiger partial charge in [0.2, 0.25) is 0 Å². The molecule has 6 rings (SSSR count). The number of carbonyl (C=O) groups is 1. The average Bonchev–Trinajstić information content (AvgIpc) is 2.91. The van der Waals surface area contributed by atoms with Gasteiger partial charge in [-0.2, -0.15) is 0 Å². The first kappa shape index (κ1) is 25.9. The van der Waals surface area contributed by atoms with Crippen molar-refractivity contribution in [1.29, 1.82) is 0 Å². The van der Waals surface area contributed by atoms with Gasteiger partial charge in [0, 0.05) is 52.5 Å². The quantitative estimate of drug-likeness (QED) is 0.260. The van der Waals surface area contributed by atoms with E-state index in [2.05, 4.69) is 4.98 Å². The van der Waals surface area contributed by atoms with Gasteiger partial charge in [0.05, 0.1) is 28.9 Å². The molecule has 7 nitrogen and oxygen atoms in total. The lowest BCUT2D eigenvalue weighted by Gasteiger charge is -2.29. The minimum Gasteiger partial charge on any atom is -0.493 e. The van der Waals surface area contributed by atoms with Crippen LogP contribution in [0.5, 0.6) is 5.75 Å². The lowest BCUT2D eigenvalue weighted by molar-refractivity contribution is -0.160. The van der Waals surface area contributed by atoms with Crippen molar-refractivity contribution in [2.24, 2.45) is 0 Å². The fourth-order valence-electron chi connectivity index (χ4n) is 5.62.